The van der Waals surface area contributed by atoms with Crippen LogP contribution in [0.15, 0.2) is 87.8 Å². The van der Waals surface area contributed by atoms with E-state index in [0.29, 0.717) is 33.0 Å². The standard InChI is InChI=1S/C33H33N3O5S/c1-20-9-7-8-10-26(20)41-19-24-17-22(11-16-27(24)39-5)18-28-31(37)36-30(23-12-14-25(15-13-23)35(3)4)29(32(38)40-6)21(2)34-33(36)42-28/h7-18,30H,19H2,1-6H3/t30-/m0/s1. The lowest BCUT2D eigenvalue weighted by Gasteiger charge is -2.25. The first-order chi connectivity index (χ1) is 20.2. The maximum atomic E-state index is 13.9. The summed E-state index contributed by atoms with van der Waals surface area (Å²) in [5, 5.41) is 0. The fourth-order valence-corrected chi connectivity index (χ4v) is 6.04. The molecule has 0 N–H and O–H groups in total. The minimum absolute atomic E-state index is 0.233. The number of aromatic nitrogens is 1. The van der Waals surface area contributed by atoms with Crippen molar-refractivity contribution in [1.29, 1.82) is 0 Å². The number of ether oxygens (including phenoxy) is 3. The van der Waals surface area contributed by atoms with E-state index in [0.717, 1.165) is 33.7 Å². The maximum Gasteiger partial charge on any atom is 0.338 e. The maximum absolute atomic E-state index is 13.9. The molecule has 0 spiro atoms. The van der Waals surface area contributed by atoms with Crippen molar-refractivity contribution < 1.29 is 19.0 Å². The number of allylic oxidation sites excluding steroid dienone is 1. The Morgan fingerprint density at radius 2 is 1.76 bits per heavy atom. The van der Waals surface area contributed by atoms with E-state index in [4.69, 9.17) is 14.2 Å². The summed E-state index contributed by atoms with van der Waals surface area (Å²) in [7, 11) is 6.88. The van der Waals surface area contributed by atoms with Crippen molar-refractivity contribution in [3.63, 3.8) is 0 Å². The zero-order valence-electron chi connectivity index (χ0n) is 24.5. The van der Waals surface area contributed by atoms with E-state index in [2.05, 4.69) is 4.99 Å². The number of thiazole rings is 1. The van der Waals surface area contributed by atoms with Gasteiger partial charge in [-0.05, 0) is 66.9 Å². The van der Waals surface area contributed by atoms with Gasteiger partial charge in [-0.25, -0.2) is 9.79 Å². The van der Waals surface area contributed by atoms with E-state index in [1.54, 1.807) is 18.6 Å². The van der Waals surface area contributed by atoms with Gasteiger partial charge < -0.3 is 19.1 Å². The molecule has 8 nitrogen and oxygen atoms in total. The molecule has 9 heteroatoms. The topological polar surface area (TPSA) is 82.4 Å². The Hall–Kier alpha value is -4.63. The van der Waals surface area contributed by atoms with Crippen LogP contribution < -0.4 is 29.3 Å². The number of nitrogens with zero attached hydrogens (tertiary/aromatic N) is 3. The second-order valence-corrected chi connectivity index (χ2v) is 11.2. The molecule has 0 aliphatic carbocycles. The molecule has 2 heterocycles. The predicted molar refractivity (Wildman–Crippen MR) is 165 cm³/mol. The average Bonchev–Trinajstić information content (AvgIpc) is 3.29. The molecule has 1 aromatic heterocycles. The van der Waals surface area contributed by atoms with E-state index in [-0.39, 0.29) is 5.56 Å². The number of hydrogen-bond donors (Lipinski definition) is 0. The predicted octanol–water partition coefficient (Wildman–Crippen LogP) is 4.37. The third-order valence-electron chi connectivity index (χ3n) is 7.23. The fraction of sp³-hybridized carbons (Fsp3) is 0.242. The highest BCUT2D eigenvalue weighted by Crippen LogP contribution is 2.31. The quantitative estimate of drug-likeness (QED) is 0.287. The molecule has 0 fully saturated rings. The second kappa shape index (κ2) is 12.1. The summed E-state index contributed by atoms with van der Waals surface area (Å²) in [6.07, 6.45) is 1.84. The first kappa shape index (κ1) is 28.9. The molecule has 42 heavy (non-hydrogen) atoms. The number of para-hydroxylation sites is 1. The molecule has 0 saturated heterocycles. The summed E-state index contributed by atoms with van der Waals surface area (Å²) in [4.78, 5) is 34.1. The van der Waals surface area contributed by atoms with Gasteiger partial charge in [0, 0.05) is 25.3 Å². The SMILES string of the molecule is COC(=O)C1=C(C)N=c2sc(=Cc3ccc(OC)c(COc4ccccc4C)c3)c(=O)n2[C@H]1c1ccc(N(C)C)cc1. The van der Waals surface area contributed by atoms with Crippen LogP contribution in [0.25, 0.3) is 6.08 Å². The van der Waals surface area contributed by atoms with Crippen molar-refractivity contribution in [2.75, 3.05) is 33.2 Å². The number of hydrogen-bond acceptors (Lipinski definition) is 8. The largest absolute Gasteiger partial charge is 0.496 e. The van der Waals surface area contributed by atoms with Crippen LogP contribution in [0.3, 0.4) is 0 Å². The van der Waals surface area contributed by atoms with Gasteiger partial charge in [0.05, 0.1) is 36.1 Å². The van der Waals surface area contributed by atoms with Gasteiger partial charge in [0.15, 0.2) is 4.80 Å². The van der Waals surface area contributed by atoms with E-state index in [1.807, 2.05) is 98.7 Å². The number of esters is 1. The molecule has 5 rings (SSSR count). The highest BCUT2D eigenvalue weighted by molar-refractivity contribution is 7.07. The molecule has 1 aliphatic rings. The van der Waals surface area contributed by atoms with Crippen molar-refractivity contribution in [2.24, 2.45) is 4.99 Å². The van der Waals surface area contributed by atoms with Crippen LogP contribution in [0, 0.1) is 6.92 Å². The third-order valence-corrected chi connectivity index (χ3v) is 8.21. The van der Waals surface area contributed by atoms with E-state index in [1.165, 1.54) is 18.4 Å². The zero-order chi connectivity index (χ0) is 30.0. The van der Waals surface area contributed by atoms with Crippen LogP contribution in [0.5, 0.6) is 11.5 Å². The van der Waals surface area contributed by atoms with Gasteiger partial charge in [-0.15, -0.1) is 0 Å². The van der Waals surface area contributed by atoms with Crippen molar-refractivity contribution in [3.05, 3.63) is 120 Å². The Bertz CT molecular complexity index is 1850. The third kappa shape index (κ3) is 5.60. The lowest BCUT2D eigenvalue weighted by molar-refractivity contribution is -0.136. The van der Waals surface area contributed by atoms with Crippen LogP contribution in [-0.2, 0) is 16.1 Å². The minimum atomic E-state index is -0.666. The molecule has 1 atom stereocenters. The molecule has 1 aliphatic heterocycles. The fourth-order valence-electron chi connectivity index (χ4n) is 4.99. The molecular formula is C33H33N3O5S. The number of anilines is 1. The molecule has 4 aromatic rings. The van der Waals surface area contributed by atoms with Crippen LogP contribution in [-0.4, -0.2) is 38.9 Å². The Kier molecular flexibility index (Phi) is 8.31. The summed E-state index contributed by atoms with van der Waals surface area (Å²) < 4.78 is 18.9. The number of carbonyl (C=O) groups excluding carboxylic acids is 1. The Morgan fingerprint density at radius 1 is 1.02 bits per heavy atom. The van der Waals surface area contributed by atoms with Gasteiger partial charge in [0.1, 0.15) is 18.1 Å². The second-order valence-electron chi connectivity index (χ2n) is 10.2. The lowest BCUT2D eigenvalue weighted by atomic mass is 9.95. The number of carbonyl (C=O) groups is 1. The van der Waals surface area contributed by atoms with Gasteiger partial charge in [0.2, 0.25) is 0 Å². The number of aryl methyl sites for hydroxylation is 1. The van der Waals surface area contributed by atoms with Gasteiger partial charge in [-0.3, -0.25) is 9.36 Å². The molecule has 0 bridgehead atoms. The first-order valence-corrected chi connectivity index (χ1v) is 14.3. The van der Waals surface area contributed by atoms with Gasteiger partial charge in [0.25, 0.3) is 5.56 Å². The molecule has 216 valence electrons. The van der Waals surface area contributed by atoms with E-state index >= 15 is 0 Å². The number of rotatable bonds is 8. The molecule has 0 amide bonds. The van der Waals surface area contributed by atoms with E-state index < -0.39 is 12.0 Å². The minimum Gasteiger partial charge on any atom is -0.496 e. The summed E-state index contributed by atoms with van der Waals surface area (Å²) in [6.45, 7) is 4.08. The van der Waals surface area contributed by atoms with Crippen LogP contribution in [0.4, 0.5) is 5.69 Å². The highest BCUT2D eigenvalue weighted by Gasteiger charge is 2.33. The van der Waals surface area contributed by atoms with Crippen molar-refractivity contribution in [2.45, 2.75) is 26.5 Å². The summed E-state index contributed by atoms with van der Waals surface area (Å²) >= 11 is 1.29. The van der Waals surface area contributed by atoms with Gasteiger partial charge in [-0.2, -0.15) is 0 Å². The van der Waals surface area contributed by atoms with Crippen LogP contribution in [0.1, 0.15) is 35.2 Å². The Labute approximate surface area is 248 Å². The smallest absolute Gasteiger partial charge is 0.338 e. The van der Waals surface area contributed by atoms with Gasteiger partial charge in [-0.1, -0.05) is 47.7 Å². The van der Waals surface area contributed by atoms with Crippen LogP contribution in [0.2, 0.25) is 0 Å². The van der Waals surface area contributed by atoms with Crippen molar-refractivity contribution >= 4 is 29.1 Å². The van der Waals surface area contributed by atoms with Crippen molar-refractivity contribution in [3.8, 4) is 11.5 Å². The van der Waals surface area contributed by atoms with Crippen LogP contribution >= 0.6 is 11.3 Å². The zero-order valence-corrected chi connectivity index (χ0v) is 25.3. The van der Waals surface area contributed by atoms with Crippen molar-refractivity contribution in [1.82, 2.24) is 4.57 Å². The summed E-state index contributed by atoms with van der Waals surface area (Å²) in [6, 6.07) is 20.7. The molecular weight excluding hydrogens is 550 g/mol. The molecule has 0 saturated carbocycles. The molecule has 3 aromatic carbocycles. The molecule has 0 radical (unpaired) electrons. The Balaban J connectivity index is 1.58. The first-order valence-electron chi connectivity index (χ1n) is 13.4. The molecule has 0 unspecified atom stereocenters. The number of benzene rings is 3. The monoisotopic (exact) mass is 583 g/mol. The number of fused-ring (bicyclic) bond motifs is 1. The van der Waals surface area contributed by atoms with E-state index in [9.17, 15) is 9.59 Å². The lowest BCUT2D eigenvalue weighted by Crippen LogP contribution is -2.39. The summed E-state index contributed by atoms with van der Waals surface area (Å²) in [5.41, 5.74) is 5.15. The summed E-state index contributed by atoms with van der Waals surface area (Å²) in [5.74, 6) is 0.982. The average molecular weight is 584 g/mol. The Morgan fingerprint density at radius 3 is 2.43 bits per heavy atom. The van der Waals surface area contributed by atoms with Gasteiger partial charge >= 0.3 is 5.97 Å². The number of methoxy groups -OCH3 is 2. The normalized spacial score (nSPS) is 14.7. The highest BCUT2D eigenvalue weighted by atomic mass is 32.1.